The van der Waals surface area contributed by atoms with Crippen molar-refractivity contribution in [1.29, 1.82) is 0 Å². The van der Waals surface area contributed by atoms with Gasteiger partial charge >= 0.3 is 0 Å². The summed E-state index contributed by atoms with van der Waals surface area (Å²) in [5.74, 6) is 1.08. The highest BCUT2D eigenvalue weighted by molar-refractivity contribution is 5.88. The highest BCUT2D eigenvalue weighted by Crippen LogP contribution is 2.35. The molecular weight excluding hydrogens is 226 g/mol. The molecule has 4 heteroatoms. The number of ether oxygens (including phenoxy) is 1. The molecule has 0 radical (unpaired) electrons. The monoisotopic (exact) mass is 245 g/mol. The molecule has 0 bridgehead atoms. The van der Waals surface area contributed by atoms with Gasteiger partial charge in [-0.2, -0.15) is 0 Å². The lowest BCUT2D eigenvalue weighted by Crippen LogP contribution is -2.20. The summed E-state index contributed by atoms with van der Waals surface area (Å²) in [5, 5.41) is 1.21. The molecule has 3 rings (SSSR count). The average Bonchev–Trinajstić information content (AvgIpc) is 2.71. The summed E-state index contributed by atoms with van der Waals surface area (Å²) < 4.78 is 8.23. The number of fused-ring (bicyclic) bond motifs is 3. The molecule has 0 saturated heterocycles. The largest absolute Gasteiger partial charge is 0.491 e. The molecule has 0 fully saturated rings. The van der Waals surface area contributed by atoms with E-state index < -0.39 is 0 Å². The minimum atomic E-state index is 0.835. The van der Waals surface area contributed by atoms with Gasteiger partial charge in [0, 0.05) is 24.7 Å². The summed E-state index contributed by atoms with van der Waals surface area (Å²) in [5.41, 5.74) is 2.54. The van der Waals surface area contributed by atoms with Crippen LogP contribution in [0.1, 0.15) is 12.1 Å². The molecule has 1 aliphatic heterocycles. The zero-order valence-corrected chi connectivity index (χ0v) is 11.0. The molecule has 0 N–H and O–H groups in total. The smallest absolute Gasteiger partial charge is 0.148 e. The van der Waals surface area contributed by atoms with E-state index in [0.29, 0.717) is 0 Å². The van der Waals surface area contributed by atoms with Crippen molar-refractivity contribution >= 4 is 10.9 Å². The molecule has 1 aliphatic rings. The summed E-state index contributed by atoms with van der Waals surface area (Å²) in [6, 6.07) is 2.06. The third kappa shape index (κ3) is 1.86. The molecule has 0 amide bonds. The van der Waals surface area contributed by atoms with Gasteiger partial charge in [-0.05, 0) is 33.0 Å². The van der Waals surface area contributed by atoms with Crippen LogP contribution in [0.25, 0.3) is 10.9 Å². The van der Waals surface area contributed by atoms with Crippen molar-refractivity contribution in [3.05, 3.63) is 24.2 Å². The third-order valence-corrected chi connectivity index (χ3v) is 3.50. The molecule has 2 aromatic rings. The molecule has 96 valence electrons. The number of hydrogen-bond acceptors (Lipinski definition) is 3. The maximum Gasteiger partial charge on any atom is 0.148 e. The molecular formula is C14H19N3O. The number of aromatic nitrogens is 2. The second-order valence-electron chi connectivity index (χ2n) is 5.08. The molecule has 0 unspecified atom stereocenters. The first-order chi connectivity index (χ1) is 8.77. The van der Waals surface area contributed by atoms with Gasteiger partial charge in [0.15, 0.2) is 0 Å². The second kappa shape index (κ2) is 4.61. The van der Waals surface area contributed by atoms with Gasteiger partial charge in [0.25, 0.3) is 0 Å². The van der Waals surface area contributed by atoms with Crippen LogP contribution in [0.2, 0.25) is 0 Å². The van der Waals surface area contributed by atoms with Gasteiger partial charge in [-0.1, -0.05) is 0 Å². The van der Waals surface area contributed by atoms with Crippen molar-refractivity contribution in [1.82, 2.24) is 14.5 Å². The van der Waals surface area contributed by atoms with E-state index in [9.17, 15) is 0 Å². The van der Waals surface area contributed by atoms with E-state index in [1.807, 2.05) is 12.4 Å². The Balaban J connectivity index is 2.10. The second-order valence-corrected chi connectivity index (χ2v) is 5.08. The Bertz CT molecular complexity index is 559. The topological polar surface area (TPSA) is 30.3 Å². The molecule has 2 aromatic heterocycles. The van der Waals surface area contributed by atoms with Crippen LogP contribution in [0.4, 0.5) is 0 Å². The summed E-state index contributed by atoms with van der Waals surface area (Å²) >= 11 is 0. The highest BCUT2D eigenvalue weighted by atomic mass is 16.5. The van der Waals surface area contributed by atoms with Crippen molar-refractivity contribution in [2.24, 2.45) is 0 Å². The Morgan fingerprint density at radius 2 is 2.33 bits per heavy atom. The van der Waals surface area contributed by atoms with Gasteiger partial charge in [-0.15, -0.1) is 0 Å². The van der Waals surface area contributed by atoms with E-state index in [1.54, 1.807) is 0 Å². The van der Waals surface area contributed by atoms with Gasteiger partial charge < -0.3 is 14.2 Å². The van der Waals surface area contributed by atoms with Crippen LogP contribution in [0.3, 0.4) is 0 Å². The number of likely N-dealkylation sites (N-methyl/N-ethyl adjacent to an activating group) is 1. The van der Waals surface area contributed by atoms with E-state index in [1.165, 1.54) is 16.6 Å². The van der Waals surface area contributed by atoms with Gasteiger partial charge in [-0.3, -0.25) is 4.98 Å². The summed E-state index contributed by atoms with van der Waals surface area (Å²) in [6.45, 7) is 2.86. The van der Waals surface area contributed by atoms with Crippen LogP contribution in [0.15, 0.2) is 18.5 Å². The lowest BCUT2D eigenvalue weighted by atomic mass is 10.2. The van der Waals surface area contributed by atoms with Crippen LogP contribution < -0.4 is 4.74 Å². The fourth-order valence-electron chi connectivity index (χ4n) is 2.60. The van der Waals surface area contributed by atoms with Crippen molar-refractivity contribution in [2.75, 3.05) is 27.2 Å². The fraction of sp³-hybridized carbons (Fsp3) is 0.500. The molecule has 18 heavy (non-hydrogen) atoms. The number of hydrogen-bond donors (Lipinski definition) is 0. The van der Waals surface area contributed by atoms with Gasteiger partial charge in [0.1, 0.15) is 5.75 Å². The maximum absolute atomic E-state index is 5.86. The summed E-state index contributed by atoms with van der Waals surface area (Å²) in [6.07, 6.45) is 6.01. The Labute approximate surface area is 107 Å². The molecule has 4 nitrogen and oxygen atoms in total. The molecule has 0 atom stereocenters. The van der Waals surface area contributed by atoms with Crippen LogP contribution in [0.5, 0.6) is 5.75 Å². The Kier molecular flexibility index (Phi) is 2.96. The molecule has 0 spiro atoms. The summed E-state index contributed by atoms with van der Waals surface area (Å²) in [7, 11) is 4.21. The van der Waals surface area contributed by atoms with E-state index in [0.717, 1.165) is 38.3 Å². The quantitative estimate of drug-likeness (QED) is 0.827. The SMILES string of the molecule is CN(C)CCn1c2c(c3ccncc31)OCCC2. The van der Waals surface area contributed by atoms with Gasteiger partial charge in [0.05, 0.1) is 24.0 Å². The Morgan fingerprint density at radius 3 is 3.17 bits per heavy atom. The van der Waals surface area contributed by atoms with Crippen molar-refractivity contribution < 1.29 is 4.74 Å². The van der Waals surface area contributed by atoms with E-state index in [4.69, 9.17) is 4.74 Å². The standard InChI is InChI=1S/C14H19N3O/c1-16(2)7-8-17-12-4-3-9-18-14(12)11-5-6-15-10-13(11)17/h5-6,10H,3-4,7-9H2,1-2H3. The minimum Gasteiger partial charge on any atom is -0.491 e. The van der Waals surface area contributed by atoms with Crippen molar-refractivity contribution in [3.8, 4) is 5.75 Å². The molecule has 0 aliphatic carbocycles. The van der Waals surface area contributed by atoms with Crippen molar-refractivity contribution in [3.63, 3.8) is 0 Å². The number of pyridine rings is 1. The maximum atomic E-state index is 5.86. The summed E-state index contributed by atoms with van der Waals surface area (Å²) in [4.78, 5) is 6.46. The predicted molar refractivity (Wildman–Crippen MR) is 72.1 cm³/mol. The lowest BCUT2D eigenvalue weighted by molar-refractivity contribution is 0.285. The van der Waals surface area contributed by atoms with E-state index in [2.05, 4.69) is 34.6 Å². The lowest BCUT2D eigenvalue weighted by Gasteiger charge is -2.18. The first-order valence-corrected chi connectivity index (χ1v) is 6.50. The first-order valence-electron chi connectivity index (χ1n) is 6.50. The van der Waals surface area contributed by atoms with Crippen LogP contribution >= 0.6 is 0 Å². The number of nitrogens with zero attached hydrogens (tertiary/aromatic N) is 3. The highest BCUT2D eigenvalue weighted by Gasteiger charge is 2.21. The van der Waals surface area contributed by atoms with E-state index >= 15 is 0 Å². The average molecular weight is 245 g/mol. The van der Waals surface area contributed by atoms with Gasteiger partial charge in [-0.25, -0.2) is 0 Å². The van der Waals surface area contributed by atoms with Crippen LogP contribution in [-0.2, 0) is 13.0 Å². The van der Waals surface area contributed by atoms with Gasteiger partial charge in [0.2, 0.25) is 0 Å². The molecule has 0 aromatic carbocycles. The minimum absolute atomic E-state index is 0.835. The van der Waals surface area contributed by atoms with Crippen LogP contribution in [0, 0.1) is 0 Å². The molecule has 3 heterocycles. The normalized spacial score (nSPS) is 14.8. The van der Waals surface area contributed by atoms with Crippen LogP contribution in [-0.4, -0.2) is 41.7 Å². The first kappa shape index (κ1) is 11.5. The Morgan fingerprint density at radius 1 is 1.44 bits per heavy atom. The predicted octanol–water partition coefficient (Wildman–Crippen LogP) is 1.92. The Hall–Kier alpha value is -1.55. The number of rotatable bonds is 3. The zero-order chi connectivity index (χ0) is 12.5. The van der Waals surface area contributed by atoms with E-state index in [-0.39, 0.29) is 0 Å². The zero-order valence-electron chi connectivity index (χ0n) is 11.0. The third-order valence-electron chi connectivity index (χ3n) is 3.50. The van der Waals surface area contributed by atoms with Crippen molar-refractivity contribution in [2.45, 2.75) is 19.4 Å². The molecule has 0 saturated carbocycles. The fourth-order valence-corrected chi connectivity index (χ4v) is 2.60.